The zero-order chi connectivity index (χ0) is 19.7. The van der Waals surface area contributed by atoms with E-state index in [-0.39, 0.29) is 5.78 Å². The number of nitrogens with one attached hydrogen (secondary N) is 1. The number of hydrogen-bond acceptors (Lipinski definition) is 3. The van der Waals surface area contributed by atoms with E-state index in [0.29, 0.717) is 11.4 Å². The zero-order valence-electron chi connectivity index (χ0n) is 16.2. The van der Waals surface area contributed by atoms with Crippen molar-refractivity contribution in [2.45, 2.75) is 39.5 Å². The van der Waals surface area contributed by atoms with E-state index in [2.05, 4.69) is 24.4 Å². The lowest BCUT2D eigenvalue weighted by molar-refractivity contribution is -0.116. The maximum Gasteiger partial charge on any atom is 0.134 e. The first kappa shape index (κ1) is 18.7. The van der Waals surface area contributed by atoms with Crippen molar-refractivity contribution in [2.75, 3.05) is 5.32 Å². The van der Waals surface area contributed by atoms with Gasteiger partial charge in [0.25, 0.3) is 0 Å². The van der Waals surface area contributed by atoms with Crippen LogP contribution in [0.5, 0.6) is 0 Å². The van der Waals surface area contributed by atoms with Crippen LogP contribution in [0.15, 0.2) is 48.5 Å². The summed E-state index contributed by atoms with van der Waals surface area (Å²) < 4.78 is 0. The third kappa shape index (κ3) is 3.95. The molecule has 4 heteroatoms. The SMILES string of the molecule is CC(=O)Cc1ccc(Nc2cc(-c3cccc(Cl)c3)nc3c2CCC3)cc1C. The molecule has 0 unspecified atom stereocenters. The minimum atomic E-state index is 0.182. The molecule has 4 rings (SSSR count). The third-order valence-corrected chi connectivity index (χ3v) is 5.47. The van der Waals surface area contributed by atoms with Crippen LogP contribution in [-0.2, 0) is 24.1 Å². The van der Waals surface area contributed by atoms with Crippen molar-refractivity contribution in [1.29, 1.82) is 0 Å². The molecule has 3 nitrogen and oxygen atoms in total. The molecule has 1 aliphatic carbocycles. The van der Waals surface area contributed by atoms with E-state index in [0.717, 1.165) is 53.0 Å². The number of aromatic nitrogens is 1. The molecule has 28 heavy (non-hydrogen) atoms. The van der Waals surface area contributed by atoms with Crippen LogP contribution in [0.2, 0.25) is 5.02 Å². The Balaban J connectivity index is 1.70. The second-order valence-electron chi connectivity index (χ2n) is 7.49. The minimum absolute atomic E-state index is 0.182. The highest BCUT2D eigenvalue weighted by Gasteiger charge is 2.19. The van der Waals surface area contributed by atoms with E-state index in [1.54, 1.807) is 6.92 Å². The highest BCUT2D eigenvalue weighted by atomic mass is 35.5. The van der Waals surface area contributed by atoms with Gasteiger partial charge in [0, 0.05) is 34.1 Å². The molecule has 0 fully saturated rings. The largest absolute Gasteiger partial charge is 0.355 e. The molecule has 142 valence electrons. The standard InChI is InChI=1S/C24H23ClN2O/c1-15-11-20(10-9-17(15)12-16(2)28)26-24-14-23(18-5-3-6-19(25)13-18)27-22-8-4-7-21(22)24/h3,5-6,9-11,13-14H,4,7-8,12H2,1-2H3,(H,26,27). The number of aryl methyl sites for hydroxylation is 2. The summed E-state index contributed by atoms with van der Waals surface area (Å²) in [6.07, 6.45) is 3.67. The van der Waals surface area contributed by atoms with Gasteiger partial charge in [0.15, 0.2) is 0 Å². The molecule has 0 aliphatic heterocycles. The predicted octanol–water partition coefficient (Wildman–Crippen LogP) is 6.07. The molecular formula is C24H23ClN2O. The second kappa shape index (κ2) is 7.76. The van der Waals surface area contributed by atoms with Crippen molar-refractivity contribution in [3.63, 3.8) is 0 Å². The molecule has 3 aromatic rings. The van der Waals surface area contributed by atoms with Gasteiger partial charge in [0.1, 0.15) is 5.78 Å². The van der Waals surface area contributed by atoms with Gasteiger partial charge in [-0.2, -0.15) is 0 Å². The van der Waals surface area contributed by atoms with Crippen LogP contribution in [0.25, 0.3) is 11.3 Å². The Morgan fingerprint density at radius 2 is 2.00 bits per heavy atom. The number of carbonyl (C=O) groups is 1. The Hall–Kier alpha value is -2.65. The number of fused-ring (bicyclic) bond motifs is 1. The van der Waals surface area contributed by atoms with Gasteiger partial charge in [-0.25, -0.2) is 0 Å². The summed E-state index contributed by atoms with van der Waals surface area (Å²) >= 11 is 6.18. The molecule has 1 heterocycles. The van der Waals surface area contributed by atoms with E-state index in [1.165, 1.54) is 11.3 Å². The normalized spacial score (nSPS) is 12.7. The first-order chi connectivity index (χ1) is 13.5. The molecule has 0 atom stereocenters. The third-order valence-electron chi connectivity index (χ3n) is 5.23. The molecule has 0 spiro atoms. The van der Waals surface area contributed by atoms with Crippen LogP contribution in [0, 0.1) is 6.92 Å². The molecule has 0 saturated heterocycles. The molecular weight excluding hydrogens is 368 g/mol. The van der Waals surface area contributed by atoms with E-state index >= 15 is 0 Å². The number of anilines is 2. The Kier molecular flexibility index (Phi) is 5.19. The number of ketones is 1. The Morgan fingerprint density at radius 3 is 2.75 bits per heavy atom. The first-order valence-electron chi connectivity index (χ1n) is 9.64. The summed E-state index contributed by atoms with van der Waals surface area (Å²) in [5.74, 6) is 0.182. The average molecular weight is 391 g/mol. The van der Waals surface area contributed by atoms with E-state index in [9.17, 15) is 4.79 Å². The molecule has 0 radical (unpaired) electrons. The van der Waals surface area contributed by atoms with Crippen molar-refractivity contribution >= 4 is 28.8 Å². The van der Waals surface area contributed by atoms with Gasteiger partial charge in [-0.15, -0.1) is 0 Å². The van der Waals surface area contributed by atoms with E-state index < -0.39 is 0 Å². The Morgan fingerprint density at radius 1 is 1.14 bits per heavy atom. The van der Waals surface area contributed by atoms with Crippen LogP contribution < -0.4 is 5.32 Å². The Labute approximate surface area is 170 Å². The quantitative estimate of drug-likeness (QED) is 0.574. The van der Waals surface area contributed by atoms with Crippen molar-refractivity contribution in [2.24, 2.45) is 0 Å². The average Bonchev–Trinajstić information content (AvgIpc) is 3.12. The molecule has 0 saturated carbocycles. The fraction of sp³-hybridized carbons (Fsp3) is 0.250. The summed E-state index contributed by atoms with van der Waals surface area (Å²) in [6, 6.07) is 16.1. The minimum Gasteiger partial charge on any atom is -0.355 e. The number of carbonyl (C=O) groups excluding carboxylic acids is 1. The van der Waals surface area contributed by atoms with Crippen LogP contribution in [0.4, 0.5) is 11.4 Å². The van der Waals surface area contributed by atoms with Crippen molar-refractivity contribution < 1.29 is 4.79 Å². The number of halogens is 1. The second-order valence-corrected chi connectivity index (χ2v) is 7.93. The van der Waals surface area contributed by atoms with Gasteiger partial charge in [0.05, 0.1) is 5.69 Å². The lowest BCUT2D eigenvalue weighted by Gasteiger charge is -2.15. The van der Waals surface area contributed by atoms with Crippen LogP contribution >= 0.6 is 11.6 Å². The lowest BCUT2D eigenvalue weighted by Crippen LogP contribution is -2.02. The highest BCUT2D eigenvalue weighted by molar-refractivity contribution is 6.30. The number of rotatable bonds is 5. The lowest BCUT2D eigenvalue weighted by atomic mass is 10.0. The molecule has 2 aromatic carbocycles. The van der Waals surface area contributed by atoms with Gasteiger partial charge in [-0.05, 0) is 80.1 Å². The van der Waals surface area contributed by atoms with Crippen LogP contribution in [0.1, 0.15) is 35.7 Å². The number of Topliss-reactive ketones (excluding diaryl/α,β-unsaturated/α-hetero) is 1. The number of hydrogen-bond donors (Lipinski definition) is 1. The molecule has 1 N–H and O–H groups in total. The molecule has 0 bridgehead atoms. The summed E-state index contributed by atoms with van der Waals surface area (Å²) in [4.78, 5) is 16.3. The van der Waals surface area contributed by atoms with Crippen LogP contribution in [0.3, 0.4) is 0 Å². The molecule has 1 aromatic heterocycles. The first-order valence-corrected chi connectivity index (χ1v) is 10.0. The predicted molar refractivity (Wildman–Crippen MR) is 116 cm³/mol. The van der Waals surface area contributed by atoms with Crippen molar-refractivity contribution in [3.8, 4) is 11.3 Å². The maximum absolute atomic E-state index is 11.4. The van der Waals surface area contributed by atoms with Gasteiger partial charge < -0.3 is 5.32 Å². The summed E-state index contributed by atoms with van der Waals surface area (Å²) in [7, 11) is 0. The maximum atomic E-state index is 11.4. The molecule has 0 amide bonds. The van der Waals surface area contributed by atoms with Crippen molar-refractivity contribution in [1.82, 2.24) is 4.98 Å². The topological polar surface area (TPSA) is 42.0 Å². The van der Waals surface area contributed by atoms with Crippen LogP contribution in [-0.4, -0.2) is 10.8 Å². The summed E-state index contributed by atoms with van der Waals surface area (Å²) in [6.45, 7) is 3.68. The van der Waals surface area contributed by atoms with Gasteiger partial charge >= 0.3 is 0 Å². The zero-order valence-corrected chi connectivity index (χ0v) is 16.9. The van der Waals surface area contributed by atoms with Gasteiger partial charge in [0.2, 0.25) is 0 Å². The summed E-state index contributed by atoms with van der Waals surface area (Å²) in [5.41, 5.74) is 8.78. The van der Waals surface area contributed by atoms with Crippen molar-refractivity contribution in [3.05, 3.63) is 75.9 Å². The fourth-order valence-electron chi connectivity index (χ4n) is 3.85. The number of pyridine rings is 1. The molecule has 1 aliphatic rings. The fourth-order valence-corrected chi connectivity index (χ4v) is 4.04. The van der Waals surface area contributed by atoms with Gasteiger partial charge in [-0.3, -0.25) is 9.78 Å². The number of benzene rings is 2. The number of nitrogens with zero attached hydrogens (tertiary/aromatic N) is 1. The highest BCUT2D eigenvalue weighted by Crippen LogP contribution is 2.34. The monoisotopic (exact) mass is 390 g/mol. The Bertz CT molecular complexity index is 1060. The van der Waals surface area contributed by atoms with Gasteiger partial charge in [-0.1, -0.05) is 29.8 Å². The smallest absolute Gasteiger partial charge is 0.134 e. The van der Waals surface area contributed by atoms with E-state index in [4.69, 9.17) is 16.6 Å². The summed E-state index contributed by atoms with van der Waals surface area (Å²) in [5, 5.41) is 4.31. The van der Waals surface area contributed by atoms with E-state index in [1.807, 2.05) is 36.4 Å².